The van der Waals surface area contributed by atoms with E-state index in [-0.39, 0.29) is 10.6 Å². The first-order valence-corrected chi connectivity index (χ1v) is 11.3. The van der Waals surface area contributed by atoms with Gasteiger partial charge in [-0.25, -0.2) is 18.4 Å². The third-order valence-corrected chi connectivity index (χ3v) is 5.18. The second kappa shape index (κ2) is 10.6. The average Bonchev–Trinajstić information content (AvgIpc) is 2.79. The molecule has 0 heterocycles. The predicted molar refractivity (Wildman–Crippen MR) is 120 cm³/mol. The summed E-state index contributed by atoms with van der Waals surface area (Å²) in [5, 5.41) is 7.54. The number of anilines is 1. The van der Waals surface area contributed by atoms with E-state index in [1.165, 1.54) is 31.2 Å². The molecule has 0 fully saturated rings. The van der Waals surface area contributed by atoms with E-state index in [1.807, 2.05) is 30.3 Å². The van der Waals surface area contributed by atoms with Gasteiger partial charge in [-0.1, -0.05) is 24.3 Å². The number of hydrogen-bond acceptors (Lipinski definition) is 7. The summed E-state index contributed by atoms with van der Waals surface area (Å²) in [6.07, 6.45) is -1.14. The first kappa shape index (κ1) is 23.8. The van der Waals surface area contributed by atoms with Crippen molar-refractivity contribution in [2.24, 2.45) is 5.14 Å². The van der Waals surface area contributed by atoms with Crippen LogP contribution in [0.5, 0.6) is 17.2 Å². The van der Waals surface area contributed by atoms with Crippen molar-refractivity contribution in [3.8, 4) is 17.2 Å². The highest BCUT2D eigenvalue weighted by atomic mass is 32.2. The lowest BCUT2D eigenvalue weighted by Crippen LogP contribution is -2.31. The molecule has 1 atom stereocenters. The van der Waals surface area contributed by atoms with Crippen molar-refractivity contribution in [3.63, 3.8) is 0 Å². The Balaban J connectivity index is 1.46. The number of benzene rings is 3. The Labute approximate surface area is 191 Å². The van der Waals surface area contributed by atoms with Crippen LogP contribution in [-0.2, 0) is 24.3 Å². The number of primary sulfonamides is 1. The molecule has 0 aromatic heterocycles. The van der Waals surface area contributed by atoms with E-state index < -0.39 is 34.6 Å². The number of nitrogens with two attached hydrogens (primary N) is 1. The van der Waals surface area contributed by atoms with Gasteiger partial charge in [-0.15, -0.1) is 0 Å². The average molecular weight is 471 g/mol. The summed E-state index contributed by atoms with van der Waals surface area (Å²) in [5.74, 6) is 0.327. The Hall–Kier alpha value is -3.89. The second-order valence-electron chi connectivity index (χ2n) is 6.87. The summed E-state index contributed by atoms with van der Waals surface area (Å²) >= 11 is 0. The molecule has 3 aromatic carbocycles. The topological polar surface area (TPSA) is 134 Å². The molecule has 0 bridgehead atoms. The molecule has 0 spiro atoms. The van der Waals surface area contributed by atoms with E-state index in [0.717, 1.165) is 0 Å². The Morgan fingerprint density at radius 3 is 2.21 bits per heavy atom. The van der Waals surface area contributed by atoms with Crippen LogP contribution < -0.4 is 19.9 Å². The van der Waals surface area contributed by atoms with E-state index in [9.17, 15) is 18.0 Å². The number of rotatable bonds is 9. The Kier molecular flexibility index (Phi) is 7.65. The summed E-state index contributed by atoms with van der Waals surface area (Å²) in [7, 11) is -3.91. The fraction of sp³-hybridized carbons (Fsp3) is 0.130. The highest BCUT2D eigenvalue weighted by molar-refractivity contribution is 7.89. The molecule has 3 rings (SSSR count). The number of sulfonamides is 1. The van der Waals surface area contributed by atoms with Crippen LogP contribution in [0.25, 0.3) is 0 Å². The fourth-order valence-electron chi connectivity index (χ4n) is 2.65. The molecule has 3 N–H and O–H groups in total. The molecule has 172 valence electrons. The smallest absolute Gasteiger partial charge is 0.344 e. The highest BCUT2D eigenvalue weighted by Gasteiger charge is 2.19. The van der Waals surface area contributed by atoms with Crippen LogP contribution >= 0.6 is 0 Å². The number of hydrogen-bond donors (Lipinski definition) is 2. The van der Waals surface area contributed by atoms with Crippen LogP contribution in [0, 0.1) is 0 Å². The van der Waals surface area contributed by atoms with Crippen LogP contribution in [0.1, 0.15) is 6.92 Å². The zero-order chi connectivity index (χ0) is 23.8. The van der Waals surface area contributed by atoms with Gasteiger partial charge in [-0.05, 0) is 61.5 Å². The maximum Gasteiger partial charge on any atom is 0.344 e. The van der Waals surface area contributed by atoms with Crippen molar-refractivity contribution in [2.45, 2.75) is 17.9 Å². The summed E-state index contributed by atoms with van der Waals surface area (Å²) in [6.45, 7) is 0.976. The van der Waals surface area contributed by atoms with E-state index >= 15 is 0 Å². The van der Waals surface area contributed by atoms with Gasteiger partial charge in [0, 0.05) is 5.69 Å². The van der Waals surface area contributed by atoms with E-state index in [1.54, 1.807) is 24.3 Å². The SMILES string of the molecule is CC(OC(=O)COc1ccc(Oc2ccccc2)cc1)C(=O)Nc1cccc(S(N)(=O)=O)c1. The summed E-state index contributed by atoms with van der Waals surface area (Å²) in [5.41, 5.74) is 0.198. The van der Waals surface area contributed by atoms with E-state index in [2.05, 4.69) is 5.32 Å². The van der Waals surface area contributed by atoms with Crippen molar-refractivity contribution in [3.05, 3.63) is 78.9 Å². The zero-order valence-electron chi connectivity index (χ0n) is 17.6. The molecular formula is C23H22N2O7S. The standard InChI is InChI=1S/C23H22N2O7S/c1-16(23(27)25-17-6-5-9-21(14-17)33(24,28)29)31-22(26)15-30-18-10-12-20(13-11-18)32-19-7-3-2-4-8-19/h2-14,16H,15H2,1H3,(H,25,27)(H2,24,28,29). The summed E-state index contributed by atoms with van der Waals surface area (Å²) in [4.78, 5) is 24.1. The van der Waals surface area contributed by atoms with Gasteiger partial charge in [0.25, 0.3) is 5.91 Å². The van der Waals surface area contributed by atoms with Gasteiger partial charge in [0.2, 0.25) is 10.0 Å². The molecule has 1 unspecified atom stereocenters. The van der Waals surface area contributed by atoms with Gasteiger partial charge >= 0.3 is 5.97 Å². The molecule has 0 aliphatic rings. The Morgan fingerprint density at radius 2 is 1.55 bits per heavy atom. The molecular weight excluding hydrogens is 448 g/mol. The fourth-order valence-corrected chi connectivity index (χ4v) is 3.21. The lowest BCUT2D eigenvalue weighted by molar-refractivity contribution is -0.155. The minimum Gasteiger partial charge on any atom is -0.482 e. The molecule has 0 aliphatic heterocycles. The number of nitrogens with one attached hydrogen (secondary N) is 1. The molecule has 9 nitrogen and oxygen atoms in total. The minimum absolute atomic E-state index is 0.154. The van der Waals surface area contributed by atoms with Crippen LogP contribution in [0.3, 0.4) is 0 Å². The molecule has 0 saturated heterocycles. The molecule has 3 aromatic rings. The first-order valence-electron chi connectivity index (χ1n) is 9.80. The number of ether oxygens (including phenoxy) is 3. The van der Waals surface area contributed by atoms with Crippen LogP contribution in [0.4, 0.5) is 5.69 Å². The monoisotopic (exact) mass is 470 g/mol. The summed E-state index contributed by atoms with van der Waals surface area (Å²) < 4.78 is 39.0. The van der Waals surface area contributed by atoms with Gasteiger partial charge in [0.1, 0.15) is 17.2 Å². The molecule has 1 amide bonds. The quantitative estimate of drug-likeness (QED) is 0.459. The first-order chi connectivity index (χ1) is 15.7. The van der Waals surface area contributed by atoms with E-state index in [0.29, 0.717) is 17.2 Å². The minimum atomic E-state index is -3.91. The van der Waals surface area contributed by atoms with Gasteiger partial charge in [-0.2, -0.15) is 0 Å². The van der Waals surface area contributed by atoms with Crippen molar-refractivity contribution >= 4 is 27.6 Å². The van der Waals surface area contributed by atoms with Crippen molar-refractivity contribution < 1.29 is 32.2 Å². The van der Waals surface area contributed by atoms with Crippen molar-refractivity contribution in [1.82, 2.24) is 0 Å². The van der Waals surface area contributed by atoms with Crippen LogP contribution in [0.2, 0.25) is 0 Å². The predicted octanol–water partition coefficient (Wildman–Crippen LogP) is 3.08. The van der Waals surface area contributed by atoms with Crippen LogP contribution in [0.15, 0.2) is 83.8 Å². The number of carbonyl (C=O) groups excluding carboxylic acids is 2. The lowest BCUT2D eigenvalue weighted by Gasteiger charge is -2.14. The molecule has 33 heavy (non-hydrogen) atoms. The maximum atomic E-state index is 12.2. The normalized spacial score (nSPS) is 11.8. The Bertz CT molecular complexity index is 1210. The largest absolute Gasteiger partial charge is 0.482 e. The number of para-hydroxylation sites is 1. The third-order valence-electron chi connectivity index (χ3n) is 4.27. The van der Waals surface area contributed by atoms with E-state index in [4.69, 9.17) is 19.3 Å². The highest BCUT2D eigenvalue weighted by Crippen LogP contribution is 2.23. The second-order valence-corrected chi connectivity index (χ2v) is 8.43. The van der Waals surface area contributed by atoms with Gasteiger partial charge in [0.15, 0.2) is 12.7 Å². The van der Waals surface area contributed by atoms with Gasteiger partial charge in [0.05, 0.1) is 4.90 Å². The van der Waals surface area contributed by atoms with Gasteiger partial charge in [-0.3, -0.25) is 4.79 Å². The number of carbonyl (C=O) groups is 2. The van der Waals surface area contributed by atoms with Crippen LogP contribution in [-0.4, -0.2) is 33.0 Å². The Morgan fingerprint density at radius 1 is 0.909 bits per heavy atom. The maximum absolute atomic E-state index is 12.2. The zero-order valence-corrected chi connectivity index (χ0v) is 18.4. The lowest BCUT2D eigenvalue weighted by atomic mass is 10.3. The third kappa shape index (κ3) is 7.34. The number of esters is 1. The van der Waals surface area contributed by atoms with Gasteiger partial charge < -0.3 is 19.5 Å². The molecule has 10 heteroatoms. The van der Waals surface area contributed by atoms with Crippen molar-refractivity contribution in [1.29, 1.82) is 0 Å². The molecule has 0 aliphatic carbocycles. The summed E-state index contributed by atoms with van der Waals surface area (Å²) in [6, 6.07) is 21.3. The molecule has 0 radical (unpaired) electrons. The molecule has 0 saturated carbocycles. The van der Waals surface area contributed by atoms with Crippen molar-refractivity contribution in [2.75, 3.05) is 11.9 Å². The number of amides is 1.